The van der Waals surface area contributed by atoms with Crippen LogP contribution in [0.2, 0.25) is 0 Å². The van der Waals surface area contributed by atoms with Crippen LogP contribution in [0.15, 0.2) is 18.3 Å². The Bertz CT molecular complexity index is 384. The molecule has 0 fully saturated rings. The maximum absolute atomic E-state index is 5.61. The molecule has 1 aromatic heterocycles. The van der Waals surface area contributed by atoms with Crippen LogP contribution in [0.25, 0.3) is 0 Å². The monoisotopic (exact) mass is 253 g/mol. The molecule has 1 heterocycles. The van der Waals surface area contributed by atoms with Crippen LogP contribution in [0.4, 0.5) is 5.82 Å². The van der Waals surface area contributed by atoms with Crippen LogP contribution < -0.4 is 15.4 Å². The van der Waals surface area contributed by atoms with Gasteiger partial charge in [-0.05, 0) is 19.1 Å². The van der Waals surface area contributed by atoms with Crippen LogP contribution in [0.1, 0.15) is 13.8 Å². The highest BCUT2D eigenvalue weighted by Gasteiger charge is 2.13. The van der Waals surface area contributed by atoms with Gasteiger partial charge < -0.3 is 15.4 Å². The van der Waals surface area contributed by atoms with E-state index in [0.29, 0.717) is 11.6 Å². The Morgan fingerprint density at radius 2 is 2.35 bits per heavy atom. The lowest BCUT2D eigenvalue weighted by molar-refractivity contribution is 0.339. The lowest BCUT2D eigenvalue weighted by Gasteiger charge is -2.23. The summed E-state index contributed by atoms with van der Waals surface area (Å²) in [5, 5.41) is 0. The second-order valence-electron chi connectivity index (χ2n) is 3.94. The van der Waals surface area contributed by atoms with Gasteiger partial charge in [-0.3, -0.25) is 0 Å². The van der Waals surface area contributed by atoms with E-state index in [1.807, 2.05) is 37.9 Å². The molecule has 4 nitrogen and oxygen atoms in total. The van der Waals surface area contributed by atoms with Gasteiger partial charge >= 0.3 is 0 Å². The summed E-state index contributed by atoms with van der Waals surface area (Å²) in [5.41, 5.74) is 5.61. The molecule has 17 heavy (non-hydrogen) atoms. The van der Waals surface area contributed by atoms with Crippen molar-refractivity contribution in [2.24, 2.45) is 11.7 Å². The number of ether oxygens (including phenoxy) is 1. The summed E-state index contributed by atoms with van der Waals surface area (Å²) < 4.78 is 5.53. The van der Waals surface area contributed by atoms with E-state index in [0.717, 1.165) is 18.1 Å². The molecule has 0 amide bonds. The van der Waals surface area contributed by atoms with E-state index >= 15 is 0 Å². The van der Waals surface area contributed by atoms with E-state index in [1.165, 1.54) is 0 Å². The molecule has 94 valence electrons. The fourth-order valence-corrected chi connectivity index (χ4v) is 1.60. The smallest absolute Gasteiger partial charge is 0.171 e. The molecule has 0 aliphatic heterocycles. The largest absolute Gasteiger partial charge is 0.490 e. The average Bonchev–Trinajstić information content (AvgIpc) is 2.29. The minimum Gasteiger partial charge on any atom is -0.490 e. The van der Waals surface area contributed by atoms with E-state index in [4.69, 9.17) is 22.7 Å². The van der Waals surface area contributed by atoms with Gasteiger partial charge in [-0.25, -0.2) is 4.98 Å². The zero-order valence-corrected chi connectivity index (χ0v) is 11.3. The Labute approximate surface area is 108 Å². The van der Waals surface area contributed by atoms with E-state index in [-0.39, 0.29) is 5.92 Å². The number of hydrogen-bond acceptors (Lipinski definition) is 4. The van der Waals surface area contributed by atoms with Gasteiger partial charge in [0.1, 0.15) is 0 Å². The third-order valence-electron chi connectivity index (χ3n) is 2.45. The second-order valence-corrected chi connectivity index (χ2v) is 4.41. The third kappa shape index (κ3) is 3.85. The van der Waals surface area contributed by atoms with Gasteiger partial charge in [-0.15, -0.1) is 0 Å². The van der Waals surface area contributed by atoms with Gasteiger partial charge in [0, 0.05) is 25.7 Å². The minimum atomic E-state index is 0.145. The highest BCUT2D eigenvalue weighted by atomic mass is 32.1. The number of hydrogen-bond donors (Lipinski definition) is 1. The van der Waals surface area contributed by atoms with E-state index < -0.39 is 0 Å². The van der Waals surface area contributed by atoms with Crippen molar-refractivity contribution in [2.45, 2.75) is 13.8 Å². The molecular weight excluding hydrogens is 234 g/mol. The van der Waals surface area contributed by atoms with Crippen molar-refractivity contribution in [3.8, 4) is 5.75 Å². The summed E-state index contributed by atoms with van der Waals surface area (Å²) >= 11 is 4.97. The summed E-state index contributed by atoms with van der Waals surface area (Å²) in [4.78, 5) is 6.85. The van der Waals surface area contributed by atoms with Crippen molar-refractivity contribution in [3.05, 3.63) is 18.3 Å². The summed E-state index contributed by atoms with van der Waals surface area (Å²) in [6, 6.07) is 3.77. The molecule has 1 unspecified atom stereocenters. The highest BCUT2D eigenvalue weighted by molar-refractivity contribution is 7.80. The summed E-state index contributed by atoms with van der Waals surface area (Å²) in [6.45, 7) is 5.31. The fraction of sp³-hybridized carbons (Fsp3) is 0.500. The molecule has 1 aromatic rings. The molecule has 0 saturated carbocycles. The Morgan fingerprint density at radius 3 is 2.94 bits per heavy atom. The maximum Gasteiger partial charge on any atom is 0.171 e. The van der Waals surface area contributed by atoms with Crippen LogP contribution in [-0.2, 0) is 0 Å². The van der Waals surface area contributed by atoms with Gasteiger partial charge in [0.15, 0.2) is 11.6 Å². The number of thiocarbonyl (C=S) groups is 1. The molecule has 1 atom stereocenters. The van der Waals surface area contributed by atoms with Crippen LogP contribution in [0, 0.1) is 5.92 Å². The minimum absolute atomic E-state index is 0.145. The Balaban J connectivity index is 2.80. The lowest BCUT2D eigenvalue weighted by atomic mass is 10.1. The third-order valence-corrected chi connectivity index (χ3v) is 2.85. The lowest BCUT2D eigenvalue weighted by Crippen LogP contribution is -2.32. The van der Waals surface area contributed by atoms with Crippen molar-refractivity contribution >= 4 is 23.0 Å². The zero-order chi connectivity index (χ0) is 12.8. The first-order valence-electron chi connectivity index (χ1n) is 5.64. The van der Waals surface area contributed by atoms with Crippen molar-refractivity contribution in [1.82, 2.24) is 4.98 Å². The van der Waals surface area contributed by atoms with Crippen molar-refractivity contribution in [2.75, 3.05) is 25.1 Å². The van der Waals surface area contributed by atoms with E-state index in [1.54, 1.807) is 6.20 Å². The Kier molecular flexibility index (Phi) is 5.15. The molecule has 0 radical (unpaired) electrons. The maximum atomic E-state index is 5.61. The molecule has 0 aliphatic carbocycles. The molecule has 1 rings (SSSR count). The normalized spacial score (nSPS) is 11.9. The SMILES string of the molecule is CCOc1cccnc1N(C)CC(C)C(N)=S. The first-order chi connectivity index (χ1) is 8.06. The van der Waals surface area contributed by atoms with Crippen LogP contribution in [-0.4, -0.2) is 30.2 Å². The highest BCUT2D eigenvalue weighted by Crippen LogP contribution is 2.24. The van der Waals surface area contributed by atoms with Crippen LogP contribution in [0.5, 0.6) is 5.75 Å². The molecule has 0 bridgehead atoms. The first-order valence-corrected chi connectivity index (χ1v) is 6.05. The van der Waals surface area contributed by atoms with Gasteiger partial charge in [-0.2, -0.15) is 0 Å². The van der Waals surface area contributed by atoms with Crippen molar-refractivity contribution in [3.63, 3.8) is 0 Å². The molecular formula is C12H19N3OS. The number of pyridine rings is 1. The fourth-order valence-electron chi connectivity index (χ4n) is 1.52. The van der Waals surface area contributed by atoms with Gasteiger partial charge in [0.25, 0.3) is 0 Å². The van der Waals surface area contributed by atoms with Crippen LogP contribution >= 0.6 is 12.2 Å². The van der Waals surface area contributed by atoms with Gasteiger partial charge in [-0.1, -0.05) is 19.1 Å². The molecule has 0 saturated heterocycles. The standard InChI is InChI=1S/C12H19N3OS/c1-4-16-10-6-5-7-14-12(10)15(3)8-9(2)11(13)17/h5-7,9H,4,8H2,1-3H3,(H2,13,17). The Morgan fingerprint density at radius 1 is 1.65 bits per heavy atom. The van der Waals surface area contributed by atoms with E-state index in [2.05, 4.69) is 4.98 Å². The quantitative estimate of drug-likeness (QED) is 0.784. The van der Waals surface area contributed by atoms with Crippen LogP contribution in [0.3, 0.4) is 0 Å². The summed E-state index contributed by atoms with van der Waals surface area (Å²) in [5.74, 6) is 1.75. The molecule has 0 aromatic carbocycles. The molecule has 0 spiro atoms. The predicted molar refractivity (Wildman–Crippen MR) is 74.6 cm³/mol. The molecule has 2 N–H and O–H groups in total. The Hall–Kier alpha value is -1.36. The second kappa shape index (κ2) is 6.39. The molecule has 5 heteroatoms. The predicted octanol–water partition coefficient (Wildman–Crippen LogP) is 1.84. The number of rotatable bonds is 6. The first kappa shape index (κ1) is 13.7. The number of anilines is 1. The zero-order valence-electron chi connectivity index (χ0n) is 10.5. The van der Waals surface area contributed by atoms with Crippen molar-refractivity contribution < 1.29 is 4.74 Å². The average molecular weight is 253 g/mol. The van der Waals surface area contributed by atoms with Gasteiger partial charge in [0.05, 0.1) is 11.6 Å². The summed E-state index contributed by atoms with van der Waals surface area (Å²) in [6.07, 6.45) is 1.75. The number of nitrogens with two attached hydrogens (primary N) is 1. The summed E-state index contributed by atoms with van der Waals surface area (Å²) in [7, 11) is 1.96. The topological polar surface area (TPSA) is 51.4 Å². The number of nitrogens with zero attached hydrogens (tertiary/aromatic N) is 2. The molecule has 0 aliphatic rings. The van der Waals surface area contributed by atoms with E-state index in [9.17, 15) is 0 Å². The van der Waals surface area contributed by atoms with Crippen molar-refractivity contribution in [1.29, 1.82) is 0 Å². The van der Waals surface area contributed by atoms with Gasteiger partial charge in [0.2, 0.25) is 0 Å². The number of aromatic nitrogens is 1.